The van der Waals surface area contributed by atoms with Gasteiger partial charge in [-0.15, -0.1) is 0 Å². The fourth-order valence-electron chi connectivity index (χ4n) is 2.30. The molecule has 0 spiro atoms. The van der Waals surface area contributed by atoms with E-state index in [4.69, 9.17) is 23.2 Å². The zero-order valence-corrected chi connectivity index (χ0v) is 14.7. The molecule has 0 fully saturated rings. The first-order chi connectivity index (χ1) is 12.1. The van der Waals surface area contributed by atoms with Crippen LogP contribution >= 0.6 is 23.2 Å². The van der Waals surface area contributed by atoms with Crippen molar-refractivity contribution < 1.29 is 4.79 Å². The van der Waals surface area contributed by atoms with Crippen LogP contribution in [0.3, 0.4) is 0 Å². The Hall–Kier alpha value is -2.56. The lowest BCUT2D eigenvalue weighted by Gasteiger charge is -2.10. The van der Waals surface area contributed by atoms with Crippen molar-refractivity contribution in [2.45, 2.75) is 6.54 Å². The van der Waals surface area contributed by atoms with Crippen LogP contribution < -0.4 is 10.6 Å². The number of carbonyl (C=O) groups excluding carboxylic acids is 1. The molecule has 0 unspecified atom stereocenters. The highest BCUT2D eigenvalue weighted by molar-refractivity contribution is 6.40. The van der Waals surface area contributed by atoms with Crippen LogP contribution in [-0.4, -0.2) is 10.9 Å². The summed E-state index contributed by atoms with van der Waals surface area (Å²) in [5.41, 5.74) is 1.99. The number of pyridine rings is 1. The molecular weight excluding hydrogens is 357 g/mol. The van der Waals surface area contributed by atoms with Crippen molar-refractivity contribution >= 4 is 40.6 Å². The van der Waals surface area contributed by atoms with Gasteiger partial charge in [-0.2, -0.15) is 0 Å². The molecule has 0 saturated carbocycles. The zero-order valence-electron chi connectivity index (χ0n) is 13.2. The third-order valence-electron chi connectivity index (χ3n) is 3.52. The fraction of sp³-hybridized carbons (Fsp3) is 0.0526. The molecule has 3 rings (SSSR count). The van der Waals surface area contributed by atoms with Gasteiger partial charge in [0.25, 0.3) is 5.91 Å². The molecule has 0 aliphatic carbocycles. The van der Waals surface area contributed by atoms with Gasteiger partial charge in [0, 0.05) is 24.5 Å². The van der Waals surface area contributed by atoms with Gasteiger partial charge in [-0.05, 0) is 23.8 Å². The summed E-state index contributed by atoms with van der Waals surface area (Å²) in [6.45, 7) is 0.640. The van der Waals surface area contributed by atoms with E-state index < -0.39 is 0 Å². The van der Waals surface area contributed by atoms with Gasteiger partial charge in [-0.1, -0.05) is 59.6 Å². The van der Waals surface area contributed by atoms with Gasteiger partial charge in [0.15, 0.2) is 0 Å². The van der Waals surface area contributed by atoms with Crippen molar-refractivity contribution in [1.82, 2.24) is 4.98 Å². The van der Waals surface area contributed by atoms with Crippen LogP contribution in [0.15, 0.2) is 66.9 Å². The minimum atomic E-state index is -0.365. The maximum absolute atomic E-state index is 12.4. The molecule has 0 radical (unpaired) electrons. The number of hydrogen-bond acceptors (Lipinski definition) is 3. The Morgan fingerprint density at radius 2 is 1.68 bits per heavy atom. The summed E-state index contributed by atoms with van der Waals surface area (Å²) in [4.78, 5) is 16.7. The number of amides is 1. The summed E-state index contributed by atoms with van der Waals surface area (Å²) in [5.74, 6) is 0.294. The normalized spacial score (nSPS) is 10.3. The number of carbonyl (C=O) groups is 1. The molecule has 0 aliphatic rings. The molecule has 126 valence electrons. The number of benzene rings is 2. The van der Waals surface area contributed by atoms with E-state index in [-0.39, 0.29) is 11.5 Å². The Balaban J connectivity index is 1.70. The minimum absolute atomic E-state index is 0.251. The monoisotopic (exact) mass is 371 g/mol. The molecule has 3 aromatic rings. The number of aromatic nitrogens is 1. The molecule has 25 heavy (non-hydrogen) atoms. The fourth-order valence-corrected chi connectivity index (χ4v) is 2.87. The molecule has 0 atom stereocenters. The van der Waals surface area contributed by atoms with Gasteiger partial charge < -0.3 is 10.6 Å². The van der Waals surface area contributed by atoms with Crippen LogP contribution in [0.25, 0.3) is 0 Å². The number of rotatable bonds is 5. The lowest BCUT2D eigenvalue weighted by molar-refractivity contribution is 0.102. The SMILES string of the molecule is O=C(Nc1ccnc(NCc2ccccc2)c1)c1c(Cl)cccc1Cl. The third-order valence-corrected chi connectivity index (χ3v) is 4.15. The standard InChI is InChI=1S/C19H15Cl2N3O/c20-15-7-4-8-16(21)18(15)19(25)24-14-9-10-22-17(11-14)23-12-13-5-2-1-3-6-13/h1-11H,12H2,(H2,22,23,24,25). The molecule has 0 saturated heterocycles. The molecule has 1 heterocycles. The summed E-state index contributed by atoms with van der Waals surface area (Å²) in [5, 5.41) is 6.63. The first-order valence-electron chi connectivity index (χ1n) is 7.63. The van der Waals surface area contributed by atoms with E-state index >= 15 is 0 Å². The molecule has 0 bridgehead atoms. The first-order valence-corrected chi connectivity index (χ1v) is 8.38. The van der Waals surface area contributed by atoms with E-state index in [1.54, 1.807) is 36.5 Å². The first kappa shape index (κ1) is 17.3. The van der Waals surface area contributed by atoms with Crippen molar-refractivity contribution in [2.24, 2.45) is 0 Å². The second kappa shape index (κ2) is 8.01. The van der Waals surface area contributed by atoms with Crippen molar-refractivity contribution in [2.75, 3.05) is 10.6 Å². The number of hydrogen-bond donors (Lipinski definition) is 2. The summed E-state index contributed by atoms with van der Waals surface area (Å²) >= 11 is 12.1. The molecule has 2 N–H and O–H groups in total. The van der Waals surface area contributed by atoms with Gasteiger partial charge in [0.1, 0.15) is 5.82 Å². The lowest BCUT2D eigenvalue weighted by atomic mass is 10.2. The Morgan fingerprint density at radius 3 is 2.40 bits per heavy atom. The van der Waals surface area contributed by atoms with Crippen LogP contribution in [0.1, 0.15) is 15.9 Å². The highest BCUT2D eigenvalue weighted by atomic mass is 35.5. The summed E-state index contributed by atoms with van der Waals surface area (Å²) in [6, 6.07) is 18.4. The maximum atomic E-state index is 12.4. The molecular formula is C19H15Cl2N3O. The van der Waals surface area contributed by atoms with Gasteiger partial charge >= 0.3 is 0 Å². The largest absolute Gasteiger partial charge is 0.366 e. The maximum Gasteiger partial charge on any atom is 0.258 e. The van der Waals surface area contributed by atoms with Gasteiger partial charge in [-0.25, -0.2) is 4.98 Å². The van der Waals surface area contributed by atoms with E-state index in [1.807, 2.05) is 30.3 Å². The second-order valence-electron chi connectivity index (χ2n) is 5.32. The van der Waals surface area contributed by atoms with Gasteiger partial charge in [-0.3, -0.25) is 4.79 Å². The molecule has 4 nitrogen and oxygen atoms in total. The van der Waals surface area contributed by atoms with Crippen LogP contribution in [0.2, 0.25) is 10.0 Å². The van der Waals surface area contributed by atoms with Gasteiger partial charge in [0.05, 0.1) is 15.6 Å². The van der Waals surface area contributed by atoms with E-state index in [0.29, 0.717) is 28.1 Å². The van der Waals surface area contributed by atoms with Gasteiger partial charge in [0.2, 0.25) is 0 Å². The average molecular weight is 372 g/mol. The Morgan fingerprint density at radius 1 is 0.960 bits per heavy atom. The second-order valence-corrected chi connectivity index (χ2v) is 6.13. The van der Waals surface area contributed by atoms with E-state index in [1.165, 1.54) is 0 Å². The van der Waals surface area contributed by atoms with Crippen LogP contribution in [0, 0.1) is 0 Å². The highest BCUT2D eigenvalue weighted by Crippen LogP contribution is 2.25. The molecule has 1 aromatic heterocycles. The van der Waals surface area contributed by atoms with Crippen molar-refractivity contribution in [3.8, 4) is 0 Å². The lowest BCUT2D eigenvalue weighted by Crippen LogP contribution is -2.13. The molecule has 2 aromatic carbocycles. The summed E-state index contributed by atoms with van der Waals surface area (Å²) < 4.78 is 0. The average Bonchev–Trinajstić information content (AvgIpc) is 2.61. The summed E-state index contributed by atoms with van der Waals surface area (Å²) in [7, 11) is 0. The number of nitrogens with zero attached hydrogens (tertiary/aromatic N) is 1. The third kappa shape index (κ3) is 4.50. The zero-order chi connectivity index (χ0) is 17.6. The van der Waals surface area contributed by atoms with E-state index in [2.05, 4.69) is 15.6 Å². The molecule has 1 amide bonds. The van der Waals surface area contributed by atoms with Crippen molar-refractivity contribution in [1.29, 1.82) is 0 Å². The predicted octanol–water partition coefficient (Wildman–Crippen LogP) is 5.25. The van der Waals surface area contributed by atoms with E-state index in [9.17, 15) is 4.79 Å². The predicted molar refractivity (Wildman–Crippen MR) is 102 cm³/mol. The highest BCUT2D eigenvalue weighted by Gasteiger charge is 2.14. The van der Waals surface area contributed by atoms with Crippen molar-refractivity contribution in [3.63, 3.8) is 0 Å². The number of anilines is 2. The van der Waals surface area contributed by atoms with E-state index in [0.717, 1.165) is 5.56 Å². The Labute approximate surface area is 155 Å². The summed E-state index contributed by atoms with van der Waals surface area (Å²) in [6.07, 6.45) is 1.62. The Bertz CT molecular complexity index is 865. The number of nitrogens with one attached hydrogen (secondary N) is 2. The molecule has 6 heteroatoms. The Kier molecular flexibility index (Phi) is 5.53. The van der Waals surface area contributed by atoms with Crippen LogP contribution in [-0.2, 0) is 6.54 Å². The molecule has 0 aliphatic heterocycles. The van der Waals surface area contributed by atoms with Crippen LogP contribution in [0.5, 0.6) is 0 Å². The minimum Gasteiger partial charge on any atom is -0.366 e. The van der Waals surface area contributed by atoms with Crippen molar-refractivity contribution in [3.05, 3.63) is 88.0 Å². The van der Waals surface area contributed by atoms with Crippen LogP contribution in [0.4, 0.5) is 11.5 Å². The quantitative estimate of drug-likeness (QED) is 0.643. The number of halogens is 2. The topological polar surface area (TPSA) is 54.0 Å². The smallest absolute Gasteiger partial charge is 0.258 e.